The minimum absolute atomic E-state index is 0.347. The number of rotatable bonds is 3. The molecule has 1 aliphatic carbocycles. The number of halogens is 1. The molecule has 14 heavy (non-hydrogen) atoms. The predicted molar refractivity (Wildman–Crippen MR) is 57.0 cm³/mol. The van der Waals surface area contributed by atoms with Crippen LogP contribution in [0.3, 0.4) is 0 Å². The van der Waals surface area contributed by atoms with E-state index in [0.717, 1.165) is 17.8 Å². The fraction of sp³-hybridized carbons (Fsp3) is 0.778. The maximum atomic E-state index is 5.72. The summed E-state index contributed by atoms with van der Waals surface area (Å²) < 4.78 is 5.72. The summed E-state index contributed by atoms with van der Waals surface area (Å²) in [5.74, 6) is 0.422. The van der Waals surface area contributed by atoms with Crippen molar-refractivity contribution < 1.29 is 4.74 Å². The summed E-state index contributed by atoms with van der Waals surface area (Å²) in [7, 11) is 0. The Labute approximate surface area is 92.4 Å². The summed E-state index contributed by atoms with van der Waals surface area (Å²) in [4.78, 5) is 0. The second-order valence-electron chi connectivity index (χ2n) is 3.47. The molecule has 0 aromatic carbocycles. The third-order valence-electron chi connectivity index (χ3n) is 2.38. The van der Waals surface area contributed by atoms with E-state index in [2.05, 4.69) is 10.2 Å². The molecule has 0 spiro atoms. The summed E-state index contributed by atoms with van der Waals surface area (Å²) in [5.41, 5.74) is 0. The maximum Gasteiger partial charge on any atom is 0.294 e. The minimum Gasteiger partial charge on any atom is -0.466 e. The van der Waals surface area contributed by atoms with E-state index in [4.69, 9.17) is 16.3 Å². The Morgan fingerprint density at radius 1 is 1.29 bits per heavy atom. The SMILES string of the molecule is ClCc1nnc(OC2CCCCC2)s1. The average molecular weight is 233 g/mol. The van der Waals surface area contributed by atoms with Crippen LogP contribution >= 0.6 is 22.9 Å². The highest BCUT2D eigenvalue weighted by Gasteiger charge is 2.16. The monoisotopic (exact) mass is 232 g/mol. The van der Waals surface area contributed by atoms with Gasteiger partial charge < -0.3 is 4.74 Å². The number of nitrogens with zero attached hydrogens (tertiary/aromatic N) is 2. The first-order chi connectivity index (χ1) is 6.88. The standard InChI is InChI=1S/C9H13ClN2OS/c10-6-8-11-12-9(14-8)13-7-4-2-1-3-5-7/h7H,1-6H2. The van der Waals surface area contributed by atoms with Gasteiger partial charge in [-0.2, -0.15) is 0 Å². The van der Waals surface area contributed by atoms with Crippen molar-refractivity contribution in [3.8, 4) is 5.19 Å². The van der Waals surface area contributed by atoms with Crippen LogP contribution in [0.4, 0.5) is 0 Å². The predicted octanol–water partition coefficient (Wildman–Crippen LogP) is 2.99. The zero-order chi connectivity index (χ0) is 9.80. The molecule has 1 aliphatic rings. The van der Waals surface area contributed by atoms with Gasteiger partial charge in [-0.1, -0.05) is 17.8 Å². The van der Waals surface area contributed by atoms with Crippen molar-refractivity contribution in [2.24, 2.45) is 0 Å². The molecule has 5 heteroatoms. The number of hydrogen-bond acceptors (Lipinski definition) is 4. The largest absolute Gasteiger partial charge is 0.466 e. The molecule has 0 atom stereocenters. The summed E-state index contributed by atoms with van der Waals surface area (Å²) >= 11 is 7.09. The molecule has 1 heterocycles. The van der Waals surface area contributed by atoms with Crippen LogP contribution in [0.15, 0.2) is 0 Å². The van der Waals surface area contributed by atoms with Gasteiger partial charge in [0, 0.05) is 0 Å². The van der Waals surface area contributed by atoms with Gasteiger partial charge in [-0.05, 0) is 25.7 Å². The first-order valence-corrected chi connectivity index (χ1v) is 6.28. The average Bonchev–Trinajstić information content (AvgIpc) is 2.67. The Hall–Kier alpha value is -0.350. The Morgan fingerprint density at radius 3 is 2.71 bits per heavy atom. The van der Waals surface area contributed by atoms with Gasteiger partial charge in [0.2, 0.25) is 0 Å². The molecule has 0 amide bonds. The molecular weight excluding hydrogens is 220 g/mol. The fourth-order valence-electron chi connectivity index (χ4n) is 1.67. The van der Waals surface area contributed by atoms with E-state index in [0.29, 0.717) is 17.2 Å². The van der Waals surface area contributed by atoms with E-state index in [1.807, 2.05) is 0 Å². The molecule has 78 valence electrons. The quantitative estimate of drug-likeness (QED) is 0.752. The van der Waals surface area contributed by atoms with Crippen molar-refractivity contribution in [1.82, 2.24) is 10.2 Å². The molecule has 1 fully saturated rings. The molecule has 0 N–H and O–H groups in total. The van der Waals surface area contributed by atoms with Gasteiger partial charge in [0.1, 0.15) is 11.1 Å². The molecule has 0 unspecified atom stereocenters. The number of ether oxygens (including phenoxy) is 1. The summed E-state index contributed by atoms with van der Waals surface area (Å²) in [6.45, 7) is 0. The van der Waals surface area contributed by atoms with Crippen molar-refractivity contribution in [2.45, 2.75) is 44.1 Å². The highest BCUT2D eigenvalue weighted by Crippen LogP contribution is 2.25. The molecular formula is C9H13ClN2OS. The second kappa shape index (κ2) is 4.94. The zero-order valence-corrected chi connectivity index (χ0v) is 9.48. The Morgan fingerprint density at radius 2 is 2.07 bits per heavy atom. The fourth-order valence-corrected chi connectivity index (χ4v) is 2.49. The number of alkyl halides is 1. The third kappa shape index (κ3) is 2.58. The van der Waals surface area contributed by atoms with Crippen molar-refractivity contribution in [2.75, 3.05) is 0 Å². The van der Waals surface area contributed by atoms with Crippen LogP contribution in [0, 0.1) is 0 Å². The zero-order valence-electron chi connectivity index (χ0n) is 7.91. The maximum absolute atomic E-state index is 5.72. The highest BCUT2D eigenvalue weighted by molar-refractivity contribution is 7.13. The van der Waals surface area contributed by atoms with Crippen LogP contribution in [0.5, 0.6) is 5.19 Å². The van der Waals surface area contributed by atoms with Crippen LogP contribution in [-0.2, 0) is 5.88 Å². The van der Waals surface area contributed by atoms with E-state index in [-0.39, 0.29) is 0 Å². The van der Waals surface area contributed by atoms with Crippen molar-refractivity contribution in [3.05, 3.63) is 5.01 Å². The second-order valence-corrected chi connectivity index (χ2v) is 4.77. The molecule has 0 bridgehead atoms. The Bertz CT molecular complexity index is 286. The van der Waals surface area contributed by atoms with Gasteiger partial charge >= 0.3 is 0 Å². The van der Waals surface area contributed by atoms with Gasteiger partial charge in [0.15, 0.2) is 0 Å². The Kier molecular flexibility index (Phi) is 3.59. The molecule has 3 nitrogen and oxygen atoms in total. The lowest BCUT2D eigenvalue weighted by Crippen LogP contribution is -2.19. The molecule has 0 radical (unpaired) electrons. The molecule has 1 aromatic rings. The number of hydrogen-bond donors (Lipinski definition) is 0. The van der Waals surface area contributed by atoms with E-state index in [9.17, 15) is 0 Å². The van der Waals surface area contributed by atoms with Gasteiger partial charge in [0.05, 0.1) is 5.88 Å². The van der Waals surface area contributed by atoms with Gasteiger partial charge in [-0.25, -0.2) is 0 Å². The first kappa shape index (κ1) is 10.2. The van der Waals surface area contributed by atoms with Crippen LogP contribution in [0.25, 0.3) is 0 Å². The third-order valence-corrected chi connectivity index (χ3v) is 3.61. The number of aromatic nitrogens is 2. The lowest BCUT2D eigenvalue weighted by Gasteiger charge is -2.20. The van der Waals surface area contributed by atoms with E-state index in [1.165, 1.54) is 30.6 Å². The lowest BCUT2D eigenvalue weighted by molar-refractivity contribution is 0.153. The van der Waals surface area contributed by atoms with E-state index >= 15 is 0 Å². The molecule has 0 aliphatic heterocycles. The van der Waals surface area contributed by atoms with E-state index < -0.39 is 0 Å². The van der Waals surface area contributed by atoms with Gasteiger partial charge in [-0.3, -0.25) is 0 Å². The van der Waals surface area contributed by atoms with Crippen LogP contribution in [0.1, 0.15) is 37.1 Å². The van der Waals surface area contributed by atoms with Crippen molar-refractivity contribution in [1.29, 1.82) is 0 Å². The first-order valence-electron chi connectivity index (χ1n) is 4.93. The van der Waals surface area contributed by atoms with Crippen molar-refractivity contribution in [3.63, 3.8) is 0 Å². The lowest BCUT2D eigenvalue weighted by atomic mass is 9.98. The smallest absolute Gasteiger partial charge is 0.294 e. The summed E-state index contributed by atoms with van der Waals surface area (Å²) in [5, 5.41) is 9.36. The normalized spacial score (nSPS) is 18.4. The molecule has 2 rings (SSSR count). The highest BCUT2D eigenvalue weighted by atomic mass is 35.5. The molecule has 0 saturated heterocycles. The van der Waals surface area contributed by atoms with Crippen molar-refractivity contribution >= 4 is 22.9 Å². The van der Waals surface area contributed by atoms with Crippen LogP contribution in [-0.4, -0.2) is 16.3 Å². The topological polar surface area (TPSA) is 35.0 Å². The van der Waals surface area contributed by atoms with E-state index in [1.54, 1.807) is 0 Å². The van der Waals surface area contributed by atoms with Gasteiger partial charge in [-0.15, -0.1) is 21.8 Å². The summed E-state index contributed by atoms with van der Waals surface area (Å²) in [6, 6.07) is 0. The molecule has 1 saturated carbocycles. The summed E-state index contributed by atoms with van der Waals surface area (Å²) in [6.07, 6.45) is 6.52. The van der Waals surface area contributed by atoms with Crippen LogP contribution in [0.2, 0.25) is 0 Å². The molecule has 1 aromatic heterocycles. The minimum atomic E-state index is 0.347. The Balaban J connectivity index is 1.89. The van der Waals surface area contributed by atoms with Gasteiger partial charge in [0.25, 0.3) is 5.19 Å². The van der Waals surface area contributed by atoms with Crippen LogP contribution < -0.4 is 4.74 Å².